The van der Waals surface area contributed by atoms with Gasteiger partial charge in [0.05, 0.1) is 21.3 Å². The summed E-state index contributed by atoms with van der Waals surface area (Å²) in [6, 6.07) is 9.81. The van der Waals surface area contributed by atoms with Crippen LogP contribution in [0.15, 0.2) is 52.0 Å². The zero-order chi connectivity index (χ0) is 10.7. The summed E-state index contributed by atoms with van der Waals surface area (Å²) in [5.74, 6) is 0. The van der Waals surface area contributed by atoms with Gasteiger partial charge in [0.2, 0.25) is 0 Å². The molecule has 5 heteroatoms. The molecular weight excluding hydrogens is 251 g/mol. The summed E-state index contributed by atoms with van der Waals surface area (Å²) < 4.78 is 2.39. The zero-order valence-corrected chi connectivity index (χ0v) is 9.98. The first kappa shape index (κ1) is 10.7. The third-order valence-corrected chi connectivity index (χ3v) is 2.90. The van der Waals surface area contributed by atoms with Crippen LogP contribution >= 0.6 is 35.1 Å². The van der Waals surface area contributed by atoms with Gasteiger partial charge < -0.3 is 0 Å². The van der Waals surface area contributed by atoms with Crippen molar-refractivity contribution < 1.29 is 0 Å². The van der Waals surface area contributed by atoms with Crippen molar-refractivity contribution in [3.8, 4) is 0 Å². The quantitative estimate of drug-likeness (QED) is 0.803. The standard InChI is InChI=1S/C10H8Cl2N2S/c11-8-6-10(12)15-14(7-8)13-9-4-2-1-3-5-9/h1-7,13H. The van der Waals surface area contributed by atoms with Gasteiger partial charge in [-0.05, 0) is 18.2 Å². The van der Waals surface area contributed by atoms with E-state index in [4.69, 9.17) is 23.2 Å². The normalized spacial score (nSPS) is 15.7. The number of hydrazine groups is 1. The van der Waals surface area contributed by atoms with Crippen LogP contribution in [0.1, 0.15) is 0 Å². The minimum Gasteiger partial charge on any atom is -0.288 e. The van der Waals surface area contributed by atoms with Crippen molar-refractivity contribution in [3.05, 3.63) is 52.0 Å². The summed E-state index contributed by atoms with van der Waals surface area (Å²) in [7, 11) is 0. The highest BCUT2D eigenvalue weighted by Crippen LogP contribution is 2.32. The van der Waals surface area contributed by atoms with Crippen molar-refractivity contribution in [1.29, 1.82) is 0 Å². The smallest absolute Gasteiger partial charge is 0.0979 e. The van der Waals surface area contributed by atoms with E-state index in [-0.39, 0.29) is 0 Å². The molecule has 2 nitrogen and oxygen atoms in total. The number of allylic oxidation sites excluding steroid dienone is 2. The molecular formula is C10H8Cl2N2S. The number of nitrogens with zero attached hydrogens (tertiary/aromatic N) is 1. The molecule has 0 saturated carbocycles. The van der Waals surface area contributed by atoms with Gasteiger partial charge in [0.15, 0.2) is 0 Å². The van der Waals surface area contributed by atoms with Gasteiger partial charge in [0, 0.05) is 11.9 Å². The lowest BCUT2D eigenvalue weighted by Gasteiger charge is -2.23. The SMILES string of the molecule is ClC1=CN(Nc2ccccc2)SC(Cl)=C1. The number of nitrogens with one attached hydrogen (secondary N) is 1. The largest absolute Gasteiger partial charge is 0.288 e. The fourth-order valence-corrected chi connectivity index (χ4v) is 2.51. The predicted molar refractivity (Wildman–Crippen MR) is 67.4 cm³/mol. The van der Waals surface area contributed by atoms with Crippen LogP contribution in [-0.2, 0) is 0 Å². The molecule has 0 aliphatic carbocycles. The van der Waals surface area contributed by atoms with Gasteiger partial charge in [-0.3, -0.25) is 5.43 Å². The fraction of sp³-hybridized carbons (Fsp3) is 0. The van der Waals surface area contributed by atoms with Crippen LogP contribution < -0.4 is 5.43 Å². The van der Waals surface area contributed by atoms with Crippen LogP contribution in [-0.4, -0.2) is 4.41 Å². The molecule has 0 aromatic heterocycles. The van der Waals surface area contributed by atoms with Gasteiger partial charge >= 0.3 is 0 Å². The van der Waals surface area contributed by atoms with Crippen molar-refractivity contribution in [3.63, 3.8) is 0 Å². The molecule has 1 aromatic rings. The summed E-state index contributed by atoms with van der Waals surface area (Å²) in [5, 5.41) is 0.599. The Morgan fingerprint density at radius 2 is 1.87 bits per heavy atom. The van der Waals surface area contributed by atoms with Crippen LogP contribution in [0.5, 0.6) is 0 Å². The molecule has 1 heterocycles. The van der Waals surface area contributed by atoms with Crippen molar-refractivity contribution in [2.45, 2.75) is 0 Å². The first-order valence-electron chi connectivity index (χ1n) is 4.27. The number of rotatable bonds is 2. The number of anilines is 1. The third-order valence-electron chi connectivity index (χ3n) is 1.69. The molecule has 0 fully saturated rings. The Morgan fingerprint density at radius 1 is 1.13 bits per heavy atom. The second-order valence-electron chi connectivity index (χ2n) is 2.86. The molecule has 0 bridgehead atoms. The van der Waals surface area contributed by atoms with E-state index in [2.05, 4.69) is 5.43 Å². The van der Waals surface area contributed by atoms with E-state index in [1.54, 1.807) is 16.7 Å². The monoisotopic (exact) mass is 258 g/mol. The molecule has 1 N–H and O–H groups in total. The highest BCUT2D eigenvalue weighted by molar-refractivity contribution is 8.02. The minimum atomic E-state index is 0.599. The summed E-state index contributed by atoms with van der Waals surface area (Å²) in [6.07, 6.45) is 3.47. The predicted octanol–water partition coefficient (Wildman–Crippen LogP) is 4.14. The van der Waals surface area contributed by atoms with Crippen LogP contribution in [0.25, 0.3) is 0 Å². The lowest BCUT2D eigenvalue weighted by Crippen LogP contribution is -2.17. The summed E-state index contributed by atoms with van der Waals surface area (Å²) >= 11 is 13.1. The van der Waals surface area contributed by atoms with Gasteiger partial charge in [-0.15, -0.1) is 0 Å². The number of benzene rings is 1. The highest BCUT2D eigenvalue weighted by Gasteiger charge is 2.10. The molecule has 0 radical (unpaired) electrons. The summed E-state index contributed by atoms with van der Waals surface area (Å²) in [6.45, 7) is 0. The van der Waals surface area contributed by atoms with Crippen molar-refractivity contribution in [1.82, 2.24) is 4.41 Å². The van der Waals surface area contributed by atoms with Gasteiger partial charge in [0.1, 0.15) is 0 Å². The Kier molecular flexibility index (Phi) is 3.46. The van der Waals surface area contributed by atoms with Crippen molar-refractivity contribution >= 4 is 40.8 Å². The summed E-state index contributed by atoms with van der Waals surface area (Å²) in [5.41, 5.74) is 4.14. The molecule has 2 rings (SSSR count). The molecule has 0 spiro atoms. The molecule has 15 heavy (non-hydrogen) atoms. The number of hydrogen-bond donors (Lipinski definition) is 1. The number of para-hydroxylation sites is 1. The van der Waals surface area contributed by atoms with E-state index in [0.717, 1.165) is 5.69 Å². The average molecular weight is 259 g/mol. The van der Waals surface area contributed by atoms with E-state index in [1.165, 1.54) is 11.9 Å². The van der Waals surface area contributed by atoms with Gasteiger partial charge in [-0.25, -0.2) is 4.41 Å². The Hall–Kier alpha value is -0.770. The lowest BCUT2D eigenvalue weighted by molar-refractivity contribution is 0.753. The van der Waals surface area contributed by atoms with Crippen molar-refractivity contribution in [2.24, 2.45) is 0 Å². The van der Waals surface area contributed by atoms with Crippen LogP contribution in [0.2, 0.25) is 0 Å². The molecule has 1 aliphatic rings. The van der Waals surface area contributed by atoms with Gasteiger partial charge in [0.25, 0.3) is 0 Å². The molecule has 0 atom stereocenters. The molecule has 1 aliphatic heterocycles. The molecule has 1 aromatic carbocycles. The first-order valence-corrected chi connectivity index (χ1v) is 5.80. The van der Waals surface area contributed by atoms with E-state index in [0.29, 0.717) is 9.40 Å². The Morgan fingerprint density at radius 3 is 2.53 bits per heavy atom. The Balaban J connectivity index is 2.06. The maximum atomic E-state index is 5.89. The zero-order valence-electron chi connectivity index (χ0n) is 7.65. The van der Waals surface area contributed by atoms with Crippen molar-refractivity contribution in [2.75, 3.05) is 5.43 Å². The maximum Gasteiger partial charge on any atom is 0.0979 e. The molecule has 0 unspecified atom stereocenters. The van der Waals surface area contributed by atoms with Crippen LogP contribution in [0.4, 0.5) is 5.69 Å². The second-order valence-corrected chi connectivity index (χ2v) is 4.94. The highest BCUT2D eigenvalue weighted by atomic mass is 35.5. The minimum absolute atomic E-state index is 0.599. The second kappa shape index (κ2) is 4.84. The maximum absolute atomic E-state index is 5.89. The summed E-state index contributed by atoms with van der Waals surface area (Å²) in [4.78, 5) is 0. The fourth-order valence-electron chi connectivity index (χ4n) is 1.10. The average Bonchev–Trinajstić information content (AvgIpc) is 2.17. The van der Waals surface area contributed by atoms with Crippen LogP contribution in [0, 0.1) is 0 Å². The molecule has 78 valence electrons. The Labute approximate surface area is 103 Å². The van der Waals surface area contributed by atoms with Gasteiger partial charge in [-0.1, -0.05) is 41.4 Å². The Bertz CT molecular complexity index is 403. The molecule has 0 saturated heterocycles. The lowest BCUT2D eigenvalue weighted by atomic mass is 10.3. The topological polar surface area (TPSA) is 15.3 Å². The van der Waals surface area contributed by atoms with E-state index >= 15 is 0 Å². The van der Waals surface area contributed by atoms with E-state index in [9.17, 15) is 0 Å². The van der Waals surface area contributed by atoms with E-state index in [1.807, 2.05) is 30.3 Å². The van der Waals surface area contributed by atoms with E-state index < -0.39 is 0 Å². The molecule has 0 amide bonds. The third kappa shape index (κ3) is 3.09. The first-order chi connectivity index (χ1) is 7.24. The van der Waals surface area contributed by atoms with Crippen LogP contribution in [0.3, 0.4) is 0 Å². The number of hydrogen-bond acceptors (Lipinski definition) is 3. The van der Waals surface area contributed by atoms with Gasteiger partial charge in [-0.2, -0.15) is 0 Å². The number of halogens is 2.